The van der Waals surface area contributed by atoms with Gasteiger partial charge in [-0.2, -0.15) is 0 Å². The number of hydrogen-bond donors (Lipinski definition) is 2. The van der Waals surface area contributed by atoms with Crippen LogP contribution in [0.2, 0.25) is 5.02 Å². The van der Waals surface area contributed by atoms with Gasteiger partial charge in [-0.1, -0.05) is 24.6 Å². The summed E-state index contributed by atoms with van der Waals surface area (Å²) in [6.45, 7) is 2.00. The predicted octanol–water partition coefficient (Wildman–Crippen LogP) is 2.62. The predicted molar refractivity (Wildman–Crippen MR) is 81.6 cm³/mol. The normalized spacial score (nSPS) is 11.6. The van der Waals surface area contributed by atoms with Crippen LogP contribution >= 0.6 is 22.9 Å². The van der Waals surface area contributed by atoms with E-state index in [9.17, 15) is 8.42 Å². The molecule has 1 heterocycles. The summed E-state index contributed by atoms with van der Waals surface area (Å²) in [5.41, 5.74) is 6.82. The Hall–Kier alpha value is -1.15. The van der Waals surface area contributed by atoms with E-state index in [1.54, 1.807) is 12.1 Å². The van der Waals surface area contributed by atoms with Gasteiger partial charge in [-0.3, -0.25) is 4.72 Å². The molecular formula is C12H14ClN3O2S2. The average Bonchev–Trinajstić information content (AvgIpc) is 2.85. The van der Waals surface area contributed by atoms with Crippen LogP contribution in [-0.4, -0.2) is 13.4 Å². The summed E-state index contributed by atoms with van der Waals surface area (Å²) in [6, 6.07) is 4.67. The molecule has 8 heteroatoms. The number of aryl methyl sites for hydroxylation is 1. The molecule has 1 aromatic heterocycles. The SMILES string of the molecule is CCc1csc(NS(=O)(=O)c2cccc(Cl)c2CN)n1. The molecule has 3 N–H and O–H groups in total. The van der Waals surface area contributed by atoms with Crippen LogP contribution in [0.5, 0.6) is 0 Å². The number of rotatable bonds is 5. The van der Waals surface area contributed by atoms with E-state index < -0.39 is 10.0 Å². The number of benzene rings is 1. The fourth-order valence-electron chi connectivity index (χ4n) is 1.67. The van der Waals surface area contributed by atoms with Crippen molar-refractivity contribution in [1.82, 2.24) is 4.98 Å². The summed E-state index contributed by atoms with van der Waals surface area (Å²) in [4.78, 5) is 4.27. The van der Waals surface area contributed by atoms with Gasteiger partial charge in [-0.05, 0) is 18.6 Å². The minimum absolute atomic E-state index is 0.0496. The van der Waals surface area contributed by atoms with Gasteiger partial charge < -0.3 is 5.73 Å². The maximum atomic E-state index is 12.4. The van der Waals surface area contributed by atoms with E-state index in [2.05, 4.69) is 9.71 Å². The van der Waals surface area contributed by atoms with Crippen LogP contribution < -0.4 is 10.5 Å². The number of sulfonamides is 1. The number of nitrogens with zero attached hydrogens (tertiary/aromatic N) is 1. The summed E-state index contributed by atoms with van der Waals surface area (Å²) >= 11 is 7.23. The number of nitrogens with two attached hydrogens (primary N) is 1. The number of thiazole rings is 1. The van der Waals surface area contributed by atoms with Crippen molar-refractivity contribution in [2.45, 2.75) is 24.8 Å². The smallest absolute Gasteiger partial charge is 0.264 e. The number of anilines is 1. The highest BCUT2D eigenvalue weighted by atomic mass is 35.5. The van der Waals surface area contributed by atoms with Crippen molar-refractivity contribution in [3.63, 3.8) is 0 Å². The monoisotopic (exact) mass is 331 g/mol. The molecule has 0 spiro atoms. The van der Waals surface area contributed by atoms with E-state index in [1.165, 1.54) is 17.4 Å². The van der Waals surface area contributed by atoms with Crippen molar-refractivity contribution in [3.8, 4) is 0 Å². The van der Waals surface area contributed by atoms with Crippen molar-refractivity contribution in [1.29, 1.82) is 0 Å². The summed E-state index contributed by atoms with van der Waals surface area (Å²) in [5, 5.41) is 2.49. The van der Waals surface area contributed by atoms with Crippen LogP contribution in [0.1, 0.15) is 18.2 Å². The lowest BCUT2D eigenvalue weighted by molar-refractivity contribution is 0.600. The molecule has 1 aromatic carbocycles. The average molecular weight is 332 g/mol. The zero-order valence-corrected chi connectivity index (χ0v) is 13.1. The first-order valence-electron chi connectivity index (χ1n) is 5.92. The van der Waals surface area contributed by atoms with E-state index in [0.29, 0.717) is 15.7 Å². The molecule has 2 aromatic rings. The Kier molecular flexibility index (Phi) is 4.64. The van der Waals surface area contributed by atoms with Gasteiger partial charge in [0, 0.05) is 22.5 Å². The summed E-state index contributed by atoms with van der Waals surface area (Å²) in [6.07, 6.45) is 0.753. The molecule has 0 atom stereocenters. The van der Waals surface area contributed by atoms with Crippen LogP contribution in [0.4, 0.5) is 5.13 Å². The van der Waals surface area contributed by atoms with Crippen molar-refractivity contribution < 1.29 is 8.42 Å². The van der Waals surface area contributed by atoms with E-state index in [-0.39, 0.29) is 11.4 Å². The first-order valence-corrected chi connectivity index (χ1v) is 8.66. The zero-order valence-electron chi connectivity index (χ0n) is 10.8. The molecule has 0 saturated heterocycles. The van der Waals surface area contributed by atoms with Crippen LogP contribution in [0, 0.1) is 0 Å². The first kappa shape index (κ1) is 15.2. The Morgan fingerprint density at radius 1 is 1.45 bits per heavy atom. The van der Waals surface area contributed by atoms with Gasteiger partial charge in [0.2, 0.25) is 0 Å². The molecule has 20 heavy (non-hydrogen) atoms. The Morgan fingerprint density at radius 2 is 2.20 bits per heavy atom. The van der Waals surface area contributed by atoms with Crippen molar-refractivity contribution in [2.24, 2.45) is 5.73 Å². The molecule has 0 aliphatic heterocycles. The standard InChI is InChI=1S/C12H14ClN3O2S2/c1-2-8-7-19-12(15-8)16-20(17,18)11-5-3-4-10(13)9(11)6-14/h3-5,7H,2,6,14H2,1H3,(H,15,16). The van der Waals surface area contributed by atoms with Crippen LogP contribution in [0.15, 0.2) is 28.5 Å². The first-order chi connectivity index (χ1) is 9.47. The molecule has 0 aliphatic carbocycles. The largest absolute Gasteiger partial charge is 0.326 e. The zero-order chi connectivity index (χ0) is 14.8. The lowest BCUT2D eigenvalue weighted by Gasteiger charge is -2.10. The lowest BCUT2D eigenvalue weighted by atomic mass is 10.2. The number of nitrogens with one attached hydrogen (secondary N) is 1. The Morgan fingerprint density at radius 3 is 2.80 bits per heavy atom. The lowest BCUT2D eigenvalue weighted by Crippen LogP contribution is -2.16. The molecule has 108 valence electrons. The third-order valence-electron chi connectivity index (χ3n) is 2.71. The van der Waals surface area contributed by atoms with E-state index in [1.807, 2.05) is 12.3 Å². The molecular weight excluding hydrogens is 318 g/mol. The fraction of sp³-hybridized carbons (Fsp3) is 0.250. The molecule has 2 rings (SSSR count). The van der Waals surface area contributed by atoms with Gasteiger partial charge >= 0.3 is 0 Å². The van der Waals surface area contributed by atoms with Gasteiger partial charge in [-0.15, -0.1) is 11.3 Å². The van der Waals surface area contributed by atoms with Gasteiger partial charge in [0.1, 0.15) is 0 Å². The van der Waals surface area contributed by atoms with Crippen LogP contribution in [-0.2, 0) is 23.0 Å². The number of aromatic nitrogens is 1. The van der Waals surface area contributed by atoms with E-state index >= 15 is 0 Å². The van der Waals surface area contributed by atoms with Crippen molar-refractivity contribution >= 4 is 38.1 Å². The third kappa shape index (κ3) is 3.12. The van der Waals surface area contributed by atoms with Gasteiger partial charge in [0.05, 0.1) is 10.6 Å². The molecule has 0 bridgehead atoms. The molecule has 5 nitrogen and oxygen atoms in total. The van der Waals surface area contributed by atoms with E-state index in [0.717, 1.165) is 12.1 Å². The van der Waals surface area contributed by atoms with E-state index in [4.69, 9.17) is 17.3 Å². The molecule has 0 unspecified atom stereocenters. The Bertz CT molecular complexity index is 713. The van der Waals surface area contributed by atoms with Gasteiger partial charge in [0.15, 0.2) is 5.13 Å². The minimum atomic E-state index is -3.74. The third-order valence-corrected chi connectivity index (χ3v) is 5.42. The highest BCUT2D eigenvalue weighted by molar-refractivity contribution is 7.93. The summed E-state index contributed by atoms with van der Waals surface area (Å²) < 4.78 is 27.2. The van der Waals surface area contributed by atoms with Crippen molar-refractivity contribution in [3.05, 3.63) is 39.9 Å². The summed E-state index contributed by atoms with van der Waals surface area (Å²) in [7, 11) is -3.74. The molecule has 0 radical (unpaired) electrons. The molecule has 0 amide bonds. The molecule has 0 saturated carbocycles. The second-order valence-corrected chi connectivity index (χ2v) is 6.94. The molecule has 0 aliphatic rings. The molecule has 0 fully saturated rings. The number of halogens is 1. The Balaban J connectivity index is 2.38. The maximum Gasteiger partial charge on any atom is 0.264 e. The highest BCUT2D eigenvalue weighted by Crippen LogP contribution is 2.26. The van der Waals surface area contributed by atoms with Gasteiger partial charge in [-0.25, -0.2) is 13.4 Å². The number of hydrogen-bond acceptors (Lipinski definition) is 5. The fourth-order valence-corrected chi connectivity index (χ4v) is 4.30. The Labute approximate surface area is 126 Å². The van der Waals surface area contributed by atoms with Crippen LogP contribution in [0.25, 0.3) is 0 Å². The second-order valence-electron chi connectivity index (χ2n) is 4.02. The summed E-state index contributed by atoms with van der Waals surface area (Å²) in [5.74, 6) is 0. The quantitative estimate of drug-likeness (QED) is 0.882. The maximum absolute atomic E-state index is 12.4. The highest BCUT2D eigenvalue weighted by Gasteiger charge is 2.20. The minimum Gasteiger partial charge on any atom is -0.326 e. The van der Waals surface area contributed by atoms with Gasteiger partial charge in [0.25, 0.3) is 10.0 Å². The second kappa shape index (κ2) is 6.09. The topological polar surface area (TPSA) is 85.1 Å². The van der Waals surface area contributed by atoms with Crippen molar-refractivity contribution in [2.75, 3.05) is 4.72 Å². The van der Waals surface area contributed by atoms with Crippen LogP contribution in [0.3, 0.4) is 0 Å².